The van der Waals surface area contributed by atoms with E-state index in [0.717, 1.165) is 27.7 Å². The second kappa shape index (κ2) is 4.87. The molecule has 0 saturated carbocycles. The first kappa shape index (κ1) is 16.1. The minimum Gasteiger partial charge on any atom is -0.438 e. The molecule has 1 saturated heterocycles. The molecule has 10 heteroatoms. The molecular weight excluding hydrogens is 288 g/mol. The van der Waals surface area contributed by atoms with Gasteiger partial charge in [-0.2, -0.15) is 0 Å². The molecule has 1 fully saturated rings. The number of Topliss-reactive ketones (excluding diaryl/α,β-unsaturated/α-hetero) is 2. The van der Waals surface area contributed by atoms with Crippen molar-refractivity contribution in [3.63, 3.8) is 0 Å². The predicted octanol–water partition coefficient (Wildman–Crippen LogP) is -1.63. The van der Waals surface area contributed by atoms with Crippen molar-refractivity contribution in [3.8, 4) is 0 Å². The lowest BCUT2D eigenvalue weighted by Crippen LogP contribution is -2.83. The highest BCUT2D eigenvalue weighted by Crippen LogP contribution is 2.38. The maximum atomic E-state index is 11.8. The zero-order valence-corrected chi connectivity index (χ0v) is 12.4. The quantitative estimate of drug-likeness (QED) is 0.483. The average Bonchev–Trinajstić information content (AvgIpc) is 2.23. The van der Waals surface area contributed by atoms with Crippen molar-refractivity contribution in [3.05, 3.63) is 0 Å². The number of nitrogens with zero attached hydrogens (tertiary/aromatic N) is 1. The summed E-state index contributed by atoms with van der Waals surface area (Å²) in [6.45, 7) is 3.94. The molecule has 0 aliphatic carbocycles. The summed E-state index contributed by atoms with van der Waals surface area (Å²) in [6, 6.07) is 0. The first-order valence-electron chi connectivity index (χ1n) is 5.55. The molecule has 1 aliphatic rings. The fourth-order valence-electron chi connectivity index (χ4n) is 1.99. The van der Waals surface area contributed by atoms with Crippen molar-refractivity contribution in [1.29, 1.82) is 0 Å². The van der Waals surface area contributed by atoms with Crippen molar-refractivity contribution in [1.82, 2.24) is 4.90 Å². The van der Waals surface area contributed by atoms with E-state index in [4.69, 9.17) is 14.6 Å². The molecule has 1 rings (SSSR count). The fourth-order valence-corrected chi connectivity index (χ4v) is 2.96. The second-order valence-corrected chi connectivity index (χ2v) is 5.24. The molecule has 1 aliphatic heterocycles. The molecule has 110 valence electrons. The first-order chi connectivity index (χ1) is 9.00. The maximum Gasteiger partial charge on any atom is 0.775 e. The monoisotopic (exact) mass is 302 g/mol. The number of carbonyl (C=O) groups is 4. The predicted molar refractivity (Wildman–Crippen MR) is 62.8 cm³/mol. The molecule has 2 N–H and O–H groups in total. The minimum atomic E-state index is -3.04. The van der Waals surface area contributed by atoms with Crippen molar-refractivity contribution in [2.24, 2.45) is 5.73 Å². The highest BCUT2D eigenvalue weighted by Gasteiger charge is 2.73. The first-order valence-corrected chi connectivity index (χ1v) is 6.77. The summed E-state index contributed by atoms with van der Waals surface area (Å²) in [7, 11) is -3.04. The highest BCUT2D eigenvalue weighted by atomic mass is 28.3. The van der Waals surface area contributed by atoms with Crippen molar-refractivity contribution in [2.75, 3.05) is 0 Å². The second-order valence-electron chi connectivity index (χ2n) is 4.33. The SMILES string of the molecule is CC(=O)N(C(C)=O)C1(C(N)(C(C)=O)C(C)=O)O[Si](=O)O1. The Bertz CT molecular complexity index is 494. The van der Waals surface area contributed by atoms with Gasteiger partial charge in [0.25, 0.3) is 0 Å². The summed E-state index contributed by atoms with van der Waals surface area (Å²) >= 11 is 0. The van der Waals surface area contributed by atoms with Gasteiger partial charge in [-0.05, 0) is 13.8 Å². The van der Waals surface area contributed by atoms with Gasteiger partial charge in [-0.25, -0.2) is 4.90 Å². The summed E-state index contributed by atoms with van der Waals surface area (Å²) in [5, 5.41) is 0. The van der Waals surface area contributed by atoms with Crippen LogP contribution in [0.1, 0.15) is 27.7 Å². The lowest BCUT2D eigenvalue weighted by molar-refractivity contribution is -0.312. The number of hydrogen-bond donors (Lipinski definition) is 1. The molecular formula is C10H14N2O7Si. The van der Waals surface area contributed by atoms with Gasteiger partial charge in [-0.3, -0.25) is 23.6 Å². The summed E-state index contributed by atoms with van der Waals surface area (Å²) in [5.41, 5.74) is 3.29. The average molecular weight is 302 g/mol. The number of ketones is 2. The van der Waals surface area contributed by atoms with E-state index in [9.17, 15) is 23.6 Å². The highest BCUT2D eigenvalue weighted by molar-refractivity contribution is 6.31. The van der Waals surface area contributed by atoms with Gasteiger partial charge in [0, 0.05) is 13.8 Å². The van der Waals surface area contributed by atoms with E-state index in [1.165, 1.54) is 0 Å². The molecule has 1 heterocycles. The van der Waals surface area contributed by atoms with Crippen LogP contribution in [0.5, 0.6) is 0 Å². The smallest absolute Gasteiger partial charge is 0.438 e. The van der Waals surface area contributed by atoms with Gasteiger partial charge in [-0.15, -0.1) is 0 Å². The summed E-state index contributed by atoms with van der Waals surface area (Å²) in [6.07, 6.45) is 0. The molecule has 20 heavy (non-hydrogen) atoms. The van der Waals surface area contributed by atoms with Crippen molar-refractivity contribution in [2.45, 2.75) is 39.1 Å². The molecule has 0 bridgehead atoms. The largest absolute Gasteiger partial charge is 0.775 e. The molecule has 0 aromatic carbocycles. The van der Waals surface area contributed by atoms with Crippen LogP contribution < -0.4 is 5.73 Å². The van der Waals surface area contributed by atoms with Crippen LogP contribution in [0, 0.1) is 0 Å². The lowest BCUT2D eigenvalue weighted by atomic mass is 9.86. The number of rotatable bonds is 4. The number of nitrogens with two attached hydrogens (primary N) is 1. The third kappa shape index (κ3) is 1.96. The van der Waals surface area contributed by atoms with Gasteiger partial charge in [0.1, 0.15) is 0 Å². The standard InChI is InChI=1S/C10H14N2O7Si/c1-5(13)9(11,6(2)14)10(18-20(17)19-10)12(7(3)15)8(4)16/h11H2,1-4H3. The van der Waals surface area contributed by atoms with Gasteiger partial charge in [0.2, 0.25) is 17.4 Å². The summed E-state index contributed by atoms with van der Waals surface area (Å²) in [5.74, 6) is -6.04. The van der Waals surface area contributed by atoms with E-state index >= 15 is 0 Å². The van der Waals surface area contributed by atoms with E-state index in [2.05, 4.69) is 0 Å². The molecule has 0 unspecified atom stereocenters. The topological polar surface area (TPSA) is 133 Å². The Morgan fingerprint density at radius 3 is 1.55 bits per heavy atom. The number of hydrogen-bond acceptors (Lipinski definition) is 8. The van der Waals surface area contributed by atoms with E-state index in [1.54, 1.807) is 0 Å². The molecule has 0 aromatic heterocycles. The van der Waals surface area contributed by atoms with Gasteiger partial charge in [0.05, 0.1) is 0 Å². The molecule has 0 atom stereocenters. The van der Waals surface area contributed by atoms with Crippen LogP contribution in [0.3, 0.4) is 0 Å². The van der Waals surface area contributed by atoms with Crippen LogP contribution in [0.25, 0.3) is 0 Å². The fraction of sp³-hybridized carbons (Fsp3) is 0.600. The Morgan fingerprint density at radius 2 is 1.35 bits per heavy atom. The zero-order valence-electron chi connectivity index (χ0n) is 11.4. The van der Waals surface area contributed by atoms with Crippen LogP contribution in [0.15, 0.2) is 0 Å². The Morgan fingerprint density at radius 1 is 1.00 bits per heavy atom. The number of imide groups is 1. The van der Waals surface area contributed by atoms with Crippen LogP contribution in [-0.4, -0.2) is 48.9 Å². The van der Waals surface area contributed by atoms with E-state index in [0.29, 0.717) is 4.90 Å². The lowest BCUT2D eigenvalue weighted by Gasteiger charge is -2.52. The Hall–Kier alpha value is -1.94. The normalized spacial score (nSPS) is 16.4. The van der Waals surface area contributed by atoms with E-state index < -0.39 is 44.0 Å². The van der Waals surface area contributed by atoms with Gasteiger partial charge in [0.15, 0.2) is 11.6 Å². The van der Waals surface area contributed by atoms with Crippen LogP contribution in [0.4, 0.5) is 0 Å². The summed E-state index contributed by atoms with van der Waals surface area (Å²) in [4.78, 5) is 47.1. The molecule has 0 radical (unpaired) electrons. The van der Waals surface area contributed by atoms with Gasteiger partial charge >= 0.3 is 15.1 Å². The van der Waals surface area contributed by atoms with Crippen LogP contribution in [-0.2, 0) is 32.5 Å². The summed E-state index contributed by atoms with van der Waals surface area (Å²) < 4.78 is 20.9. The molecule has 9 nitrogen and oxygen atoms in total. The van der Waals surface area contributed by atoms with Crippen molar-refractivity contribution >= 4 is 32.6 Å². The Kier molecular flexibility index (Phi) is 3.92. The Labute approximate surface area is 115 Å². The third-order valence-corrected chi connectivity index (χ3v) is 3.86. The van der Waals surface area contributed by atoms with Gasteiger partial charge < -0.3 is 14.6 Å². The molecule has 0 spiro atoms. The third-order valence-electron chi connectivity index (χ3n) is 2.98. The van der Waals surface area contributed by atoms with E-state index in [-0.39, 0.29) is 0 Å². The van der Waals surface area contributed by atoms with Gasteiger partial charge in [-0.1, -0.05) is 0 Å². The van der Waals surface area contributed by atoms with E-state index in [1.807, 2.05) is 0 Å². The Balaban J connectivity index is 3.53. The minimum absolute atomic E-state index is 0.377. The van der Waals surface area contributed by atoms with Crippen LogP contribution >= 0.6 is 0 Å². The van der Waals surface area contributed by atoms with Crippen LogP contribution in [0.2, 0.25) is 0 Å². The number of carbonyl (C=O) groups excluding carboxylic acids is 4. The zero-order chi connectivity index (χ0) is 15.9. The molecule has 0 aromatic rings. The maximum absolute atomic E-state index is 11.8. The van der Waals surface area contributed by atoms with Crippen molar-refractivity contribution < 1.29 is 32.5 Å². The molecule has 2 amide bonds. The number of amides is 2.